The highest BCUT2D eigenvalue weighted by Gasteiger charge is 2.29. The molecule has 1 amide bonds. The van der Waals surface area contributed by atoms with Crippen molar-refractivity contribution in [1.29, 1.82) is 5.26 Å². The Labute approximate surface area is 123 Å². The first-order chi connectivity index (χ1) is 10.2. The molecule has 2 aromatic rings. The molecule has 0 radical (unpaired) electrons. The second kappa shape index (κ2) is 5.45. The molecule has 2 atom stereocenters. The van der Waals surface area contributed by atoms with Crippen molar-refractivity contribution in [3.05, 3.63) is 42.0 Å². The predicted molar refractivity (Wildman–Crippen MR) is 82.6 cm³/mol. The van der Waals surface area contributed by atoms with E-state index in [-0.39, 0.29) is 17.9 Å². The fraction of sp³-hybridized carbons (Fsp3) is 0.294. The van der Waals surface area contributed by atoms with E-state index in [1.807, 2.05) is 36.4 Å². The molecule has 21 heavy (non-hydrogen) atoms. The summed E-state index contributed by atoms with van der Waals surface area (Å²) in [4.78, 5) is 12.4. The number of fused-ring (bicyclic) bond motifs is 1. The number of hydrogen-bond donors (Lipinski definition) is 2. The van der Waals surface area contributed by atoms with Crippen LogP contribution in [-0.4, -0.2) is 11.9 Å². The lowest BCUT2D eigenvalue weighted by Gasteiger charge is -2.16. The van der Waals surface area contributed by atoms with Crippen molar-refractivity contribution in [3.8, 4) is 6.07 Å². The molecule has 3 N–H and O–H groups in total. The Morgan fingerprint density at radius 1 is 1.24 bits per heavy atom. The lowest BCUT2D eigenvalue weighted by molar-refractivity contribution is 0.0934. The van der Waals surface area contributed by atoms with Crippen molar-refractivity contribution in [2.75, 3.05) is 5.73 Å². The molecule has 0 saturated heterocycles. The van der Waals surface area contributed by atoms with Crippen LogP contribution in [0.15, 0.2) is 36.4 Å². The van der Waals surface area contributed by atoms with Gasteiger partial charge in [-0.25, -0.2) is 0 Å². The molecule has 2 aromatic carbocycles. The van der Waals surface area contributed by atoms with Gasteiger partial charge in [-0.15, -0.1) is 0 Å². The van der Waals surface area contributed by atoms with E-state index in [0.717, 1.165) is 30.0 Å². The van der Waals surface area contributed by atoms with E-state index in [1.54, 1.807) is 0 Å². The smallest absolute Gasteiger partial charge is 0.253 e. The average molecular weight is 279 g/mol. The molecule has 1 aliphatic rings. The van der Waals surface area contributed by atoms with E-state index in [4.69, 9.17) is 11.0 Å². The summed E-state index contributed by atoms with van der Waals surface area (Å²) in [6, 6.07) is 13.6. The minimum atomic E-state index is -0.189. The molecule has 106 valence electrons. The number of carbonyl (C=O) groups is 1. The number of hydrogen-bond acceptors (Lipinski definition) is 3. The number of rotatable bonds is 2. The number of nitrogens with two attached hydrogens (primary N) is 1. The standard InChI is InChI=1S/C17H17N3O/c18-10-13-6-3-7-16(13)20-17(21)14-8-11-4-1-2-5-12(11)9-15(14)19/h1-2,4-5,8-9,13,16H,3,6-7,19H2,(H,20,21). The van der Waals surface area contributed by atoms with Crippen molar-refractivity contribution in [3.63, 3.8) is 0 Å². The molecule has 1 aliphatic carbocycles. The molecule has 1 saturated carbocycles. The molecule has 3 rings (SSSR count). The van der Waals surface area contributed by atoms with Crippen LogP contribution in [0, 0.1) is 17.2 Å². The van der Waals surface area contributed by atoms with Crippen LogP contribution in [0.3, 0.4) is 0 Å². The second-order valence-corrected chi connectivity index (χ2v) is 5.53. The Bertz CT molecular complexity index is 732. The van der Waals surface area contributed by atoms with Gasteiger partial charge in [0.2, 0.25) is 0 Å². The minimum Gasteiger partial charge on any atom is -0.398 e. The quantitative estimate of drug-likeness (QED) is 0.830. The van der Waals surface area contributed by atoms with Crippen LogP contribution in [0.1, 0.15) is 29.6 Å². The number of nitrogen functional groups attached to an aromatic ring is 1. The molecule has 4 nitrogen and oxygen atoms in total. The van der Waals surface area contributed by atoms with E-state index >= 15 is 0 Å². The van der Waals surface area contributed by atoms with Crippen molar-refractivity contribution in [2.45, 2.75) is 25.3 Å². The number of carbonyl (C=O) groups excluding carboxylic acids is 1. The van der Waals surface area contributed by atoms with Gasteiger partial charge in [0.1, 0.15) is 0 Å². The molecule has 0 bridgehead atoms. The van der Waals surface area contributed by atoms with Crippen LogP contribution in [0.2, 0.25) is 0 Å². The molecule has 2 unspecified atom stereocenters. The number of anilines is 1. The Morgan fingerprint density at radius 2 is 1.95 bits per heavy atom. The van der Waals surface area contributed by atoms with E-state index in [9.17, 15) is 4.79 Å². The first-order valence-corrected chi connectivity index (χ1v) is 7.18. The fourth-order valence-corrected chi connectivity index (χ4v) is 2.99. The maximum Gasteiger partial charge on any atom is 0.253 e. The molecule has 4 heteroatoms. The highest BCUT2D eigenvalue weighted by molar-refractivity contribution is 6.04. The van der Waals surface area contributed by atoms with Gasteiger partial charge in [-0.2, -0.15) is 5.26 Å². The maximum atomic E-state index is 12.4. The summed E-state index contributed by atoms with van der Waals surface area (Å²) in [5, 5.41) is 14.1. The maximum absolute atomic E-state index is 12.4. The summed E-state index contributed by atoms with van der Waals surface area (Å²) >= 11 is 0. The van der Waals surface area contributed by atoms with Gasteiger partial charge in [-0.05, 0) is 42.2 Å². The topological polar surface area (TPSA) is 78.9 Å². The molecule has 1 fully saturated rings. The third-order valence-corrected chi connectivity index (χ3v) is 4.16. The monoisotopic (exact) mass is 279 g/mol. The van der Waals surface area contributed by atoms with Crippen molar-refractivity contribution < 1.29 is 4.79 Å². The van der Waals surface area contributed by atoms with Gasteiger partial charge in [0.05, 0.1) is 17.6 Å². The number of nitrogens with one attached hydrogen (secondary N) is 1. The van der Waals surface area contributed by atoms with Gasteiger partial charge in [0.15, 0.2) is 0 Å². The summed E-state index contributed by atoms with van der Waals surface area (Å²) in [7, 11) is 0. The van der Waals surface area contributed by atoms with Gasteiger partial charge in [-0.3, -0.25) is 4.79 Å². The highest BCUT2D eigenvalue weighted by atomic mass is 16.1. The molecule has 0 aromatic heterocycles. The van der Waals surface area contributed by atoms with E-state index < -0.39 is 0 Å². The van der Waals surface area contributed by atoms with Crippen molar-refractivity contribution >= 4 is 22.4 Å². The average Bonchev–Trinajstić information content (AvgIpc) is 2.93. The van der Waals surface area contributed by atoms with Crippen molar-refractivity contribution in [1.82, 2.24) is 5.32 Å². The van der Waals surface area contributed by atoms with Crippen LogP contribution in [0.4, 0.5) is 5.69 Å². The third kappa shape index (κ3) is 2.55. The second-order valence-electron chi connectivity index (χ2n) is 5.53. The Kier molecular flexibility index (Phi) is 3.49. The van der Waals surface area contributed by atoms with Gasteiger partial charge < -0.3 is 11.1 Å². The normalized spacial score (nSPS) is 21.1. The predicted octanol–water partition coefficient (Wildman–Crippen LogP) is 2.84. The molecular weight excluding hydrogens is 262 g/mol. The van der Waals surface area contributed by atoms with Crippen LogP contribution in [0.25, 0.3) is 10.8 Å². The van der Waals surface area contributed by atoms with E-state index in [0.29, 0.717) is 11.3 Å². The number of nitrogens with zero attached hydrogens (tertiary/aromatic N) is 1. The first kappa shape index (κ1) is 13.4. The van der Waals surface area contributed by atoms with Crippen molar-refractivity contribution in [2.24, 2.45) is 5.92 Å². The fourth-order valence-electron chi connectivity index (χ4n) is 2.99. The number of nitriles is 1. The summed E-state index contributed by atoms with van der Waals surface area (Å²) in [5.74, 6) is -0.277. The zero-order chi connectivity index (χ0) is 14.8. The van der Waals surface area contributed by atoms with Gasteiger partial charge in [-0.1, -0.05) is 24.3 Å². The minimum absolute atomic E-state index is 0.0617. The van der Waals surface area contributed by atoms with Crippen LogP contribution in [0.5, 0.6) is 0 Å². The lowest BCUT2D eigenvalue weighted by Crippen LogP contribution is -2.37. The van der Waals surface area contributed by atoms with Crippen LogP contribution >= 0.6 is 0 Å². The van der Waals surface area contributed by atoms with Gasteiger partial charge >= 0.3 is 0 Å². The number of benzene rings is 2. The van der Waals surface area contributed by atoms with Gasteiger partial charge in [0, 0.05) is 11.7 Å². The summed E-state index contributed by atoms with van der Waals surface area (Å²) in [6.07, 6.45) is 2.70. The molecule has 0 aliphatic heterocycles. The van der Waals surface area contributed by atoms with Crippen LogP contribution < -0.4 is 11.1 Å². The molecule has 0 spiro atoms. The third-order valence-electron chi connectivity index (χ3n) is 4.16. The zero-order valence-corrected chi connectivity index (χ0v) is 11.7. The SMILES string of the molecule is N#CC1CCCC1NC(=O)c1cc2ccccc2cc1N. The Balaban J connectivity index is 1.88. The zero-order valence-electron chi connectivity index (χ0n) is 11.7. The Hall–Kier alpha value is -2.54. The first-order valence-electron chi connectivity index (χ1n) is 7.18. The Morgan fingerprint density at radius 3 is 2.67 bits per heavy atom. The largest absolute Gasteiger partial charge is 0.398 e. The van der Waals surface area contributed by atoms with E-state index in [1.165, 1.54) is 0 Å². The summed E-state index contributed by atoms with van der Waals surface area (Å²) in [5.41, 5.74) is 6.96. The van der Waals surface area contributed by atoms with Gasteiger partial charge in [0.25, 0.3) is 5.91 Å². The summed E-state index contributed by atoms with van der Waals surface area (Å²) in [6.45, 7) is 0. The number of amides is 1. The highest BCUT2D eigenvalue weighted by Crippen LogP contribution is 2.26. The lowest BCUT2D eigenvalue weighted by atomic mass is 10.0. The molecule has 0 heterocycles. The summed E-state index contributed by atoms with van der Waals surface area (Å²) < 4.78 is 0. The van der Waals surface area contributed by atoms with E-state index in [2.05, 4.69) is 11.4 Å². The van der Waals surface area contributed by atoms with Crippen LogP contribution in [-0.2, 0) is 0 Å². The molecular formula is C17H17N3O.